The first kappa shape index (κ1) is 11.4. The summed E-state index contributed by atoms with van der Waals surface area (Å²) in [6.07, 6.45) is 0.563. The highest BCUT2D eigenvalue weighted by Gasteiger charge is 2.20. The molecule has 0 heterocycles. The molecule has 1 aromatic carbocycles. The van der Waals surface area contributed by atoms with Crippen molar-refractivity contribution in [3.63, 3.8) is 0 Å². The van der Waals surface area contributed by atoms with E-state index >= 15 is 0 Å². The van der Waals surface area contributed by atoms with Crippen molar-refractivity contribution in [2.24, 2.45) is 5.73 Å². The third-order valence-corrected chi connectivity index (χ3v) is 1.74. The second-order valence-electron chi connectivity index (χ2n) is 2.83. The van der Waals surface area contributed by atoms with E-state index in [1.165, 1.54) is 12.1 Å². The zero-order valence-electron chi connectivity index (χ0n) is 7.98. The molecule has 0 atom stereocenters. The van der Waals surface area contributed by atoms with E-state index in [1.54, 1.807) is 0 Å². The fourth-order valence-corrected chi connectivity index (χ4v) is 1.05. The van der Waals surface area contributed by atoms with Crippen LogP contribution in [-0.4, -0.2) is 18.1 Å². The number of rotatable bonds is 5. The van der Waals surface area contributed by atoms with Crippen molar-refractivity contribution < 1.29 is 14.1 Å². The molecule has 1 rings (SSSR count). The Morgan fingerprint density at radius 1 is 1.53 bits per heavy atom. The van der Waals surface area contributed by atoms with Crippen LogP contribution in [0.2, 0.25) is 0 Å². The Balaban J connectivity index is 2.86. The fourth-order valence-electron chi connectivity index (χ4n) is 1.05. The molecule has 0 radical (unpaired) electrons. The Kier molecular flexibility index (Phi) is 3.99. The normalized spacial score (nSPS) is 10.0. The maximum Gasteiger partial charge on any atom is 0.346 e. The molecule has 0 unspecified atom stereocenters. The molecule has 2 N–H and O–H groups in total. The van der Waals surface area contributed by atoms with E-state index in [0.717, 1.165) is 6.07 Å². The van der Waals surface area contributed by atoms with Gasteiger partial charge in [-0.15, -0.1) is 0 Å². The summed E-state index contributed by atoms with van der Waals surface area (Å²) in [6.45, 7) is 0.657. The summed E-state index contributed by atoms with van der Waals surface area (Å²) in [6, 6.07) is 3.74. The molecule has 5 nitrogen and oxygen atoms in total. The SMILES string of the molecule is NCCCOc1cccc(F)c1[N+](=O)[O-]. The Labute approximate surface area is 85.8 Å². The molecule has 0 aromatic heterocycles. The monoisotopic (exact) mass is 214 g/mol. The summed E-state index contributed by atoms with van der Waals surface area (Å²) in [5, 5.41) is 10.5. The topological polar surface area (TPSA) is 78.4 Å². The highest BCUT2D eigenvalue weighted by molar-refractivity contribution is 5.47. The summed E-state index contributed by atoms with van der Waals surface area (Å²) in [5.74, 6) is -0.960. The minimum Gasteiger partial charge on any atom is -0.487 e. The van der Waals surface area contributed by atoms with Crippen LogP contribution >= 0.6 is 0 Å². The highest BCUT2D eigenvalue weighted by Crippen LogP contribution is 2.29. The van der Waals surface area contributed by atoms with E-state index in [2.05, 4.69) is 0 Å². The van der Waals surface area contributed by atoms with Crippen molar-refractivity contribution in [1.82, 2.24) is 0 Å². The first-order chi connectivity index (χ1) is 7.16. The van der Waals surface area contributed by atoms with Crippen LogP contribution in [0, 0.1) is 15.9 Å². The molecule has 0 fully saturated rings. The second-order valence-corrected chi connectivity index (χ2v) is 2.83. The fraction of sp³-hybridized carbons (Fsp3) is 0.333. The standard InChI is InChI=1S/C9H11FN2O3/c10-7-3-1-4-8(9(7)12(13)14)15-6-2-5-11/h1,3-4H,2,5-6,11H2. The molecule has 0 saturated carbocycles. The summed E-state index contributed by atoms with van der Waals surface area (Å²) in [5.41, 5.74) is 4.60. The van der Waals surface area contributed by atoms with Gasteiger partial charge in [0.2, 0.25) is 5.82 Å². The third-order valence-electron chi connectivity index (χ3n) is 1.74. The number of para-hydroxylation sites is 1. The van der Waals surface area contributed by atoms with Crippen molar-refractivity contribution in [3.8, 4) is 5.75 Å². The molecule has 0 bridgehead atoms. The predicted octanol–water partition coefficient (Wildman–Crippen LogP) is 1.46. The zero-order valence-corrected chi connectivity index (χ0v) is 7.98. The van der Waals surface area contributed by atoms with Gasteiger partial charge in [-0.05, 0) is 25.1 Å². The molecular weight excluding hydrogens is 203 g/mol. The van der Waals surface area contributed by atoms with Gasteiger partial charge in [-0.3, -0.25) is 10.1 Å². The molecule has 0 spiro atoms. The summed E-state index contributed by atoms with van der Waals surface area (Å²) in [7, 11) is 0. The molecule has 1 aromatic rings. The van der Waals surface area contributed by atoms with Crippen LogP contribution in [0.1, 0.15) is 6.42 Å². The van der Waals surface area contributed by atoms with Crippen molar-refractivity contribution in [1.29, 1.82) is 0 Å². The van der Waals surface area contributed by atoms with Crippen LogP contribution < -0.4 is 10.5 Å². The summed E-state index contributed by atoms with van der Waals surface area (Å²) >= 11 is 0. The number of nitrogens with two attached hydrogens (primary N) is 1. The van der Waals surface area contributed by atoms with Crippen LogP contribution in [0.5, 0.6) is 5.75 Å². The minimum atomic E-state index is -0.898. The molecule has 0 saturated heterocycles. The number of nitro groups is 1. The van der Waals surface area contributed by atoms with Gasteiger partial charge in [0, 0.05) is 0 Å². The lowest BCUT2D eigenvalue weighted by molar-refractivity contribution is -0.388. The van der Waals surface area contributed by atoms with E-state index in [9.17, 15) is 14.5 Å². The summed E-state index contributed by atoms with van der Waals surface area (Å²) in [4.78, 5) is 9.74. The quantitative estimate of drug-likeness (QED) is 0.457. The van der Waals surface area contributed by atoms with Gasteiger partial charge >= 0.3 is 5.69 Å². The number of ether oxygens (including phenoxy) is 1. The minimum absolute atomic E-state index is 0.0616. The van der Waals surface area contributed by atoms with Gasteiger partial charge in [0.25, 0.3) is 0 Å². The first-order valence-electron chi connectivity index (χ1n) is 4.42. The van der Waals surface area contributed by atoms with E-state index in [-0.39, 0.29) is 12.4 Å². The van der Waals surface area contributed by atoms with Crippen molar-refractivity contribution in [2.75, 3.05) is 13.2 Å². The highest BCUT2D eigenvalue weighted by atomic mass is 19.1. The van der Waals surface area contributed by atoms with Crippen LogP contribution in [0.25, 0.3) is 0 Å². The average Bonchev–Trinajstić information content (AvgIpc) is 2.17. The Bertz CT molecular complexity index is 357. The van der Waals surface area contributed by atoms with E-state index in [0.29, 0.717) is 13.0 Å². The zero-order chi connectivity index (χ0) is 11.3. The van der Waals surface area contributed by atoms with Crippen molar-refractivity contribution >= 4 is 5.69 Å². The summed E-state index contributed by atoms with van der Waals surface area (Å²) < 4.78 is 18.1. The second kappa shape index (κ2) is 5.26. The molecule has 0 aliphatic heterocycles. The van der Waals surface area contributed by atoms with Gasteiger partial charge in [-0.1, -0.05) is 6.07 Å². The molecule has 6 heteroatoms. The Hall–Kier alpha value is -1.69. The Morgan fingerprint density at radius 2 is 2.27 bits per heavy atom. The van der Waals surface area contributed by atoms with Gasteiger partial charge in [-0.2, -0.15) is 4.39 Å². The van der Waals surface area contributed by atoms with Crippen LogP contribution in [0.3, 0.4) is 0 Å². The average molecular weight is 214 g/mol. The number of hydrogen-bond donors (Lipinski definition) is 1. The molecule has 82 valence electrons. The molecule has 0 aliphatic carbocycles. The smallest absolute Gasteiger partial charge is 0.346 e. The third kappa shape index (κ3) is 2.88. The molecule has 0 aliphatic rings. The van der Waals surface area contributed by atoms with Crippen molar-refractivity contribution in [2.45, 2.75) is 6.42 Å². The largest absolute Gasteiger partial charge is 0.487 e. The predicted molar refractivity (Wildman–Crippen MR) is 52.2 cm³/mol. The van der Waals surface area contributed by atoms with Crippen LogP contribution in [0.15, 0.2) is 18.2 Å². The number of nitro benzene ring substituents is 1. The van der Waals surface area contributed by atoms with E-state index in [1.807, 2.05) is 0 Å². The number of benzene rings is 1. The molecule has 0 amide bonds. The van der Waals surface area contributed by atoms with Gasteiger partial charge < -0.3 is 10.5 Å². The van der Waals surface area contributed by atoms with Gasteiger partial charge in [0.1, 0.15) is 0 Å². The first-order valence-corrected chi connectivity index (χ1v) is 4.42. The van der Waals surface area contributed by atoms with Gasteiger partial charge in [0.05, 0.1) is 11.5 Å². The van der Waals surface area contributed by atoms with Crippen LogP contribution in [-0.2, 0) is 0 Å². The van der Waals surface area contributed by atoms with Gasteiger partial charge in [-0.25, -0.2) is 0 Å². The molecule has 15 heavy (non-hydrogen) atoms. The van der Waals surface area contributed by atoms with Gasteiger partial charge in [0.15, 0.2) is 5.75 Å². The maximum atomic E-state index is 13.1. The maximum absolute atomic E-state index is 13.1. The lowest BCUT2D eigenvalue weighted by Crippen LogP contribution is -2.07. The lowest BCUT2D eigenvalue weighted by atomic mass is 10.3. The van der Waals surface area contributed by atoms with E-state index in [4.69, 9.17) is 10.5 Å². The van der Waals surface area contributed by atoms with Crippen molar-refractivity contribution in [3.05, 3.63) is 34.1 Å². The Morgan fingerprint density at radius 3 is 2.87 bits per heavy atom. The molecular formula is C9H11FN2O3. The number of nitrogens with zero attached hydrogens (tertiary/aromatic N) is 1. The lowest BCUT2D eigenvalue weighted by Gasteiger charge is -2.05. The number of hydrogen-bond acceptors (Lipinski definition) is 4. The number of halogens is 1. The van der Waals surface area contributed by atoms with E-state index < -0.39 is 16.4 Å². The van der Waals surface area contributed by atoms with Crippen LogP contribution in [0.4, 0.5) is 10.1 Å².